The number of benzene rings is 2. The third kappa shape index (κ3) is 36.8. The van der Waals surface area contributed by atoms with Crippen LogP contribution in [0.3, 0.4) is 0 Å². The summed E-state index contributed by atoms with van der Waals surface area (Å²) in [6, 6.07) is 14.6. The summed E-state index contributed by atoms with van der Waals surface area (Å²) < 4.78 is 42.1. The highest BCUT2D eigenvalue weighted by Crippen LogP contribution is 2.15. The minimum Gasteiger partial charge on any atom is -0.480 e. The molecule has 410 valence electrons. The fourth-order valence-electron chi connectivity index (χ4n) is 6.42. The zero-order valence-electron chi connectivity index (χ0n) is 42.6. The first-order valence-electron chi connectivity index (χ1n) is 23.1. The Morgan fingerprint density at radius 3 is 1.23 bits per heavy atom. The van der Waals surface area contributed by atoms with E-state index in [2.05, 4.69) is 35.9 Å². The number of nitro benzene ring substituents is 2. The molecular formula is C47H71BrF3N9O13. The van der Waals surface area contributed by atoms with E-state index in [9.17, 15) is 52.6 Å². The summed E-state index contributed by atoms with van der Waals surface area (Å²) in [7, 11) is 0. The molecule has 0 radical (unpaired) electrons. The summed E-state index contributed by atoms with van der Waals surface area (Å²) in [6.45, 7) is 21.9. The zero-order chi connectivity index (χ0) is 55.8. The van der Waals surface area contributed by atoms with Crippen LogP contribution in [0.15, 0.2) is 48.5 Å². The van der Waals surface area contributed by atoms with Crippen LogP contribution in [0.25, 0.3) is 0 Å². The maximum Gasteiger partial charge on any atom is 0.446 e. The van der Waals surface area contributed by atoms with Crippen molar-refractivity contribution in [2.24, 2.45) is 0 Å². The summed E-state index contributed by atoms with van der Waals surface area (Å²) in [4.78, 5) is 85.0. The number of aliphatic carboxylic acids is 2. The minimum absolute atomic E-state index is 0.0557. The second-order valence-corrected chi connectivity index (χ2v) is 18.8. The molecule has 2 fully saturated rings. The number of nitro groups is 2. The molecule has 0 unspecified atom stereocenters. The van der Waals surface area contributed by atoms with Gasteiger partial charge >= 0.3 is 30.1 Å². The van der Waals surface area contributed by atoms with Gasteiger partial charge in [-0.1, -0.05) is 40.2 Å². The molecule has 0 bridgehead atoms. The molecule has 26 heteroatoms. The van der Waals surface area contributed by atoms with E-state index < -0.39 is 45.4 Å². The van der Waals surface area contributed by atoms with Gasteiger partial charge in [-0.25, -0.2) is 0 Å². The molecule has 0 aromatic heterocycles. The van der Waals surface area contributed by atoms with Crippen LogP contribution in [-0.2, 0) is 45.2 Å². The first kappa shape index (κ1) is 67.3. The Morgan fingerprint density at radius 2 is 0.959 bits per heavy atom. The predicted molar refractivity (Wildman–Crippen MR) is 268 cm³/mol. The monoisotopic (exact) mass is 1110 g/mol. The molecule has 3 N–H and O–H groups in total. The Morgan fingerprint density at radius 1 is 0.658 bits per heavy atom. The number of carbonyl (C=O) groups is 5. The lowest BCUT2D eigenvalue weighted by atomic mass is 10.1. The summed E-state index contributed by atoms with van der Waals surface area (Å²) in [5.41, 5.74) is 1.26. The topological polar surface area (TPSA) is 283 Å². The third-order valence-corrected chi connectivity index (χ3v) is 10.3. The molecule has 0 spiro atoms. The summed E-state index contributed by atoms with van der Waals surface area (Å²) >= 11 is 3.25. The molecule has 22 nitrogen and oxygen atoms in total. The lowest BCUT2D eigenvalue weighted by molar-refractivity contribution is -0.385. The Labute approximate surface area is 432 Å². The lowest BCUT2D eigenvalue weighted by Crippen LogP contribution is -2.42. The van der Waals surface area contributed by atoms with Gasteiger partial charge in [0, 0.05) is 122 Å². The van der Waals surface area contributed by atoms with Gasteiger partial charge in [-0.15, -0.1) is 0 Å². The number of halogens is 4. The molecule has 73 heavy (non-hydrogen) atoms. The molecular weight excluding hydrogens is 1040 g/mol. The number of alkyl halides is 4. The van der Waals surface area contributed by atoms with Gasteiger partial charge in [-0.05, 0) is 59.1 Å². The normalized spacial score (nSPS) is 15.6. The van der Waals surface area contributed by atoms with E-state index in [0.29, 0.717) is 65.3 Å². The second kappa shape index (κ2) is 35.5. The maximum atomic E-state index is 12.1. The number of rotatable bonds is 14. The van der Waals surface area contributed by atoms with Gasteiger partial charge in [-0.2, -0.15) is 18.4 Å². The van der Waals surface area contributed by atoms with Crippen molar-refractivity contribution in [1.82, 2.24) is 29.8 Å². The largest absolute Gasteiger partial charge is 0.480 e. The molecule has 2 aliphatic heterocycles. The van der Waals surface area contributed by atoms with Crippen LogP contribution in [0.1, 0.15) is 59.6 Å². The molecule has 4 rings (SSSR count). The van der Waals surface area contributed by atoms with Gasteiger partial charge in [0.15, 0.2) is 0 Å². The number of aldehydes is 1. The fraction of sp³-hybridized carbons (Fsp3) is 0.617. The Balaban J connectivity index is 0.00000104. The predicted octanol–water partition coefficient (Wildman–Crippen LogP) is 4.87. The van der Waals surface area contributed by atoms with Gasteiger partial charge in [0.1, 0.15) is 11.2 Å². The highest BCUT2D eigenvalue weighted by molar-refractivity contribution is 9.08. The van der Waals surface area contributed by atoms with E-state index in [1.165, 1.54) is 31.2 Å². The van der Waals surface area contributed by atoms with E-state index in [1.807, 2.05) is 51.3 Å². The minimum atomic E-state index is -4.64. The van der Waals surface area contributed by atoms with Crippen molar-refractivity contribution in [3.63, 3.8) is 0 Å². The highest BCUT2D eigenvalue weighted by atomic mass is 79.9. The molecule has 0 amide bonds. The van der Waals surface area contributed by atoms with Crippen LogP contribution in [0.2, 0.25) is 0 Å². The number of hydrogen-bond acceptors (Lipinski definition) is 18. The average Bonchev–Trinajstić information content (AvgIpc) is 3.44. The van der Waals surface area contributed by atoms with Crippen molar-refractivity contribution in [2.75, 3.05) is 111 Å². The van der Waals surface area contributed by atoms with Gasteiger partial charge in [-0.3, -0.25) is 63.8 Å². The van der Waals surface area contributed by atoms with Crippen LogP contribution < -0.4 is 5.32 Å². The van der Waals surface area contributed by atoms with E-state index in [4.69, 9.17) is 29.7 Å². The van der Waals surface area contributed by atoms with E-state index in [0.717, 1.165) is 42.6 Å². The number of nitriles is 1. The van der Waals surface area contributed by atoms with E-state index in [-0.39, 0.29) is 49.5 Å². The molecule has 2 aliphatic rings. The number of ether oxygens (including phenoxy) is 2. The first-order valence-corrected chi connectivity index (χ1v) is 24.2. The van der Waals surface area contributed by atoms with Crippen molar-refractivity contribution < 1.29 is 66.7 Å². The molecule has 0 atom stereocenters. The van der Waals surface area contributed by atoms with Crippen LogP contribution in [0, 0.1) is 31.6 Å². The first-order chi connectivity index (χ1) is 34.0. The summed E-state index contributed by atoms with van der Waals surface area (Å²) in [5.74, 6) is -2.24. The third-order valence-electron chi connectivity index (χ3n) is 9.70. The molecule has 0 aliphatic carbocycles. The van der Waals surface area contributed by atoms with Gasteiger partial charge in [0.25, 0.3) is 11.4 Å². The van der Waals surface area contributed by atoms with Crippen molar-refractivity contribution in [2.45, 2.75) is 77.6 Å². The standard InChI is InChI=1S/C18H26N4O6.C18H35N3O4.C7H6BrNO2.C2HF3O.C2H3N/c23-17(24)13-20-9-7-19(8-10-21(12-11-20)14-18(25)26)6-5-15-1-3-16(4-2-15)22(27)28;1-17(2,3)24-15(22)13-20-9-7-19-8-10-21(12-11-20)14-16(23)25-18(4,5)6;8-5-6-1-3-7(4-2-6)9(10)11;3-2(4,5)1-6;1-2-3/h1-4H,5-14H2,(H,23,24)(H,25,26);19H,7-14H2,1-6H3;1-4H,5H2;1H;1H3. The van der Waals surface area contributed by atoms with E-state index >= 15 is 0 Å². The second-order valence-electron chi connectivity index (χ2n) is 18.3. The molecule has 0 saturated carbocycles. The van der Waals surface area contributed by atoms with Crippen LogP contribution in [0.4, 0.5) is 24.5 Å². The lowest BCUT2D eigenvalue weighted by Gasteiger charge is -2.27. The number of nitrogens with one attached hydrogen (secondary N) is 1. The zero-order valence-corrected chi connectivity index (χ0v) is 44.2. The number of carboxylic acids is 2. The van der Waals surface area contributed by atoms with E-state index in [1.54, 1.807) is 30.3 Å². The van der Waals surface area contributed by atoms with Crippen LogP contribution >= 0.6 is 15.9 Å². The SMILES string of the molecule is CC#N.CC(C)(C)OC(=O)CN1CCNCCN(CC(=O)OC(C)(C)C)CC1.O=C(O)CN1CCN(CCc2ccc([N+](=O)[O-])cc2)CCN(CC(=O)O)CC1.O=CC(F)(F)F.O=[N+]([O-])c1ccc(CBr)cc1. The average molecular weight is 1110 g/mol. The van der Waals surface area contributed by atoms with Gasteiger partial charge in [0.05, 0.1) is 42.1 Å². The van der Waals surface area contributed by atoms with Crippen molar-refractivity contribution in [3.05, 3.63) is 79.9 Å². The number of carboxylic acid groups (broad SMARTS) is 2. The van der Waals surface area contributed by atoms with Crippen molar-refractivity contribution >= 4 is 57.5 Å². The Hall–Kier alpha value is -5.69. The maximum absolute atomic E-state index is 12.1. The number of nitrogens with zero attached hydrogens (tertiary/aromatic N) is 8. The molecule has 2 aromatic carbocycles. The molecule has 2 saturated heterocycles. The molecule has 2 aromatic rings. The van der Waals surface area contributed by atoms with Crippen LogP contribution in [-0.4, -0.2) is 203 Å². The number of carbonyl (C=O) groups excluding carboxylic acids is 3. The van der Waals surface area contributed by atoms with Crippen molar-refractivity contribution in [3.8, 4) is 6.07 Å². The molecule has 2 heterocycles. The summed E-state index contributed by atoms with van der Waals surface area (Å²) in [6.07, 6.45) is -5.00. The van der Waals surface area contributed by atoms with Crippen LogP contribution in [0.5, 0.6) is 0 Å². The number of hydrogen-bond donors (Lipinski definition) is 3. The summed E-state index contributed by atoms with van der Waals surface area (Å²) in [5, 5.41) is 50.5. The van der Waals surface area contributed by atoms with Gasteiger partial charge < -0.3 is 29.9 Å². The smallest absolute Gasteiger partial charge is 0.446 e. The number of non-ortho nitro benzene ring substituents is 2. The quantitative estimate of drug-likeness (QED) is 0.0748. The number of esters is 2. The van der Waals surface area contributed by atoms with Gasteiger partial charge in [0.2, 0.25) is 6.29 Å². The fourth-order valence-corrected chi connectivity index (χ4v) is 6.79. The Kier molecular flexibility index (Phi) is 32.7. The Bertz CT molecular complexity index is 1970. The van der Waals surface area contributed by atoms with Crippen molar-refractivity contribution in [1.29, 1.82) is 5.26 Å². The highest BCUT2D eigenvalue weighted by Gasteiger charge is 2.25.